The van der Waals surface area contributed by atoms with Crippen molar-refractivity contribution in [2.45, 2.75) is 18.4 Å². The van der Waals surface area contributed by atoms with E-state index in [0.29, 0.717) is 12.0 Å². The highest BCUT2D eigenvalue weighted by molar-refractivity contribution is 5.32. The van der Waals surface area contributed by atoms with Gasteiger partial charge in [0.15, 0.2) is 0 Å². The molecule has 2 nitrogen and oxygen atoms in total. The minimum atomic E-state index is 0.443. The minimum absolute atomic E-state index is 0.443. The molecule has 1 atom stereocenters. The first-order valence-electron chi connectivity index (χ1n) is 7.85. The van der Waals surface area contributed by atoms with Crippen LogP contribution in [0.4, 0.5) is 0 Å². The molecule has 110 valence electrons. The van der Waals surface area contributed by atoms with Gasteiger partial charge in [-0.05, 0) is 31.1 Å². The van der Waals surface area contributed by atoms with Crippen molar-refractivity contribution in [1.82, 2.24) is 10.2 Å². The zero-order valence-electron chi connectivity index (χ0n) is 12.7. The van der Waals surface area contributed by atoms with E-state index in [0.717, 1.165) is 19.6 Å². The average molecular weight is 280 g/mol. The van der Waals surface area contributed by atoms with Crippen LogP contribution < -0.4 is 5.32 Å². The Hall–Kier alpha value is -1.64. The predicted octanol–water partition coefficient (Wildman–Crippen LogP) is 3.11. The van der Waals surface area contributed by atoms with Gasteiger partial charge in [0, 0.05) is 25.0 Å². The number of nitrogens with zero attached hydrogens (tertiary/aromatic N) is 1. The molecular weight excluding hydrogens is 256 g/mol. The number of hydrogen-bond donors (Lipinski definition) is 1. The molecule has 1 aliphatic rings. The normalized spacial score (nSPS) is 18.5. The SMILES string of the molecule is CN(CC(c1ccccc1)c1ccccc1)C1CCNC1. The van der Waals surface area contributed by atoms with Gasteiger partial charge in [0.2, 0.25) is 0 Å². The summed E-state index contributed by atoms with van der Waals surface area (Å²) in [4.78, 5) is 2.52. The van der Waals surface area contributed by atoms with Crippen molar-refractivity contribution >= 4 is 0 Å². The summed E-state index contributed by atoms with van der Waals surface area (Å²) < 4.78 is 0. The maximum absolute atomic E-state index is 3.46. The summed E-state index contributed by atoms with van der Waals surface area (Å²) in [5.74, 6) is 0.443. The van der Waals surface area contributed by atoms with Crippen LogP contribution in [0.2, 0.25) is 0 Å². The van der Waals surface area contributed by atoms with Gasteiger partial charge in [0.1, 0.15) is 0 Å². The van der Waals surface area contributed by atoms with Crippen LogP contribution in [0.5, 0.6) is 0 Å². The molecular formula is C19H24N2. The third-order valence-electron chi connectivity index (χ3n) is 4.53. The maximum atomic E-state index is 3.46. The molecule has 1 aliphatic heterocycles. The van der Waals surface area contributed by atoms with E-state index < -0.39 is 0 Å². The lowest BCUT2D eigenvalue weighted by Gasteiger charge is -2.29. The molecule has 2 aromatic carbocycles. The van der Waals surface area contributed by atoms with E-state index in [2.05, 4.69) is 77.9 Å². The molecule has 1 heterocycles. The number of hydrogen-bond acceptors (Lipinski definition) is 2. The number of rotatable bonds is 5. The van der Waals surface area contributed by atoms with Crippen LogP contribution in [0.25, 0.3) is 0 Å². The zero-order valence-corrected chi connectivity index (χ0v) is 12.7. The molecule has 0 saturated carbocycles. The van der Waals surface area contributed by atoms with Crippen LogP contribution in [0.1, 0.15) is 23.5 Å². The fourth-order valence-electron chi connectivity index (χ4n) is 3.23. The summed E-state index contributed by atoms with van der Waals surface area (Å²) in [5.41, 5.74) is 2.81. The van der Waals surface area contributed by atoms with Crippen LogP contribution in [0.3, 0.4) is 0 Å². The van der Waals surface area contributed by atoms with Gasteiger partial charge in [-0.2, -0.15) is 0 Å². The summed E-state index contributed by atoms with van der Waals surface area (Å²) in [7, 11) is 2.26. The van der Waals surface area contributed by atoms with Crippen molar-refractivity contribution in [2.24, 2.45) is 0 Å². The number of benzene rings is 2. The third kappa shape index (κ3) is 3.52. The Morgan fingerprint density at radius 1 is 1.00 bits per heavy atom. The van der Waals surface area contributed by atoms with E-state index in [9.17, 15) is 0 Å². The molecule has 0 radical (unpaired) electrons. The van der Waals surface area contributed by atoms with Crippen molar-refractivity contribution < 1.29 is 0 Å². The van der Waals surface area contributed by atoms with Gasteiger partial charge in [-0.15, -0.1) is 0 Å². The Labute approximate surface area is 127 Å². The summed E-state index contributed by atoms with van der Waals surface area (Å²) in [6, 6.07) is 22.4. The van der Waals surface area contributed by atoms with Crippen molar-refractivity contribution in [3.63, 3.8) is 0 Å². The zero-order chi connectivity index (χ0) is 14.5. The highest BCUT2D eigenvalue weighted by atomic mass is 15.2. The Morgan fingerprint density at radius 2 is 1.57 bits per heavy atom. The molecule has 0 spiro atoms. The van der Waals surface area contributed by atoms with Crippen molar-refractivity contribution in [1.29, 1.82) is 0 Å². The fourth-order valence-corrected chi connectivity index (χ4v) is 3.23. The molecule has 1 N–H and O–H groups in total. The van der Waals surface area contributed by atoms with Gasteiger partial charge in [0.05, 0.1) is 0 Å². The van der Waals surface area contributed by atoms with Crippen molar-refractivity contribution in [2.75, 3.05) is 26.7 Å². The molecule has 0 aromatic heterocycles. The molecule has 0 bridgehead atoms. The molecule has 21 heavy (non-hydrogen) atoms. The molecule has 2 aromatic rings. The Bertz CT molecular complexity index is 493. The largest absolute Gasteiger partial charge is 0.315 e. The van der Waals surface area contributed by atoms with Gasteiger partial charge in [-0.1, -0.05) is 60.7 Å². The Balaban J connectivity index is 1.82. The minimum Gasteiger partial charge on any atom is -0.315 e. The monoisotopic (exact) mass is 280 g/mol. The van der Waals surface area contributed by atoms with Gasteiger partial charge in [-0.3, -0.25) is 0 Å². The highest BCUT2D eigenvalue weighted by Crippen LogP contribution is 2.26. The van der Waals surface area contributed by atoms with Gasteiger partial charge in [-0.25, -0.2) is 0 Å². The average Bonchev–Trinajstić information content (AvgIpc) is 3.09. The van der Waals surface area contributed by atoms with Crippen LogP contribution in [0.15, 0.2) is 60.7 Å². The van der Waals surface area contributed by atoms with Crippen LogP contribution >= 0.6 is 0 Å². The molecule has 1 unspecified atom stereocenters. The van der Waals surface area contributed by atoms with E-state index in [1.165, 1.54) is 17.5 Å². The Kier molecular flexibility index (Phi) is 4.69. The first-order chi connectivity index (χ1) is 10.3. The molecule has 0 amide bonds. The molecule has 2 heteroatoms. The standard InChI is InChI=1S/C19H24N2/c1-21(18-12-13-20-14-18)15-19(16-8-4-2-5-9-16)17-10-6-3-7-11-17/h2-11,18-20H,12-15H2,1H3. The second kappa shape index (κ2) is 6.88. The lowest BCUT2D eigenvalue weighted by molar-refractivity contribution is 0.249. The lowest BCUT2D eigenvalue weighted by atomic mass is 9.90. The highest BCUT2D eigenvalue weighted by Gasteiger charge is 2.23. The van der Waals surface area contributed by atoms with Gasteiger partial charge in [0.25, 0.3) is 0 Å². The van der Waals surface area contributed by atoms with Gasteiger partial charge < -0.3 is 10.2 Å². The quantitative estimate of drug-likeness (QED) is 0.905. The summed E-state index contributed by atoms with van der Waals surface area (Å²) in [5, 5.41) is 3.46. The van der Waals surface area contributed by atoms with Gasteiger partial charge >= 0.3 is 0 Å². The summed E-state index contributed by atoms with van der Waals surface area (Å²) >= 11 is 0. The van der Waals surface area contributed by atoms with E-state index in [-0.39, 0.29) is 0 Å². The maximum Gasteiger partial charge on any atom is 0.0230 e. The summed E-state index contributed by atoms with van der Waals surface area (Å²) in [6.45, 7) is 3.34. The smallest absolute Gasteiger partial charge is 0.0230 e. The second-order valence-corrected chi connectivity index (χ2v) is 5.96. The molecule has 0 aliphatic carbocycles. The van der Waals surface area contributed by atoms with Crippen molar-refractivity contribution in [3.05, 3.63) is 71.8 Å². The molecule has 3 rings (SSSR count). The fraction of sp³-hybridized carbons (Fsp3) is 0.368. The van der Waals surface area contributed by atoms with E-state index in [4.69, 9.17) is 0 Å². The predicted molar refractivity (Wildman–Crippen MR) is 88.6 cm³/mol. The number of nitrogens with one attached hydrogen (secondary N) is 1. The topological polar surface area (TPSA) is 15.3 Å². The third-order valence-corrected chi connectivity index (χ3v) is 4.53. The van der Waals surface area contributed by atoms with Crippen LogP contribution in [-0.4, -0.2) is 37.6 Å². The van der Waals surface area contributed by atoms with Crippen LogP contribution in [-0.2, 0) is 0 Å². The van der Waals surface area contributed by atoms with E-state index in [1.807, 2.05) is 0 Å². The molecule has 1 fully saturated rings. The lowest BCUT2D eigenvalue weighted by Crippen LogP contribution is -2.36. The first-order valence-corrected chi connectivity index (χ1v) is 7.85. The van der Waals surface area contributed by atoms with E-state index >= 15 is 0 Å². The van der Waals surface area contributed by atoms with E-state index in [1.54, 1.807) is 0 Å². The Morgan fingerprint density at radius 3 is 2.05 bits per heavy atom. The van der Waals surface area contributed by atoms with Crippen LogP contribution in [0, 0.1) is 0 Å². The van der Waals surface area contributed by atoms with Crippen molar-refractivity contribution in [3.8, 4) is 0 Å². The summed E-state index contributed by atoms with van der Waals surface area (Å²) in [6.07, 6.45) is 1.26. The molecule has 1 saturated heterocycles. The number of likely N-dealkylation sites (N-methyl/N-ethyl adjacent to an activating group) is 1. The second-order valence-electron chi connectivity index (χ2n) is 5.96. The first kappa shape index (κ1) is 14.3.